The number of hydrogen-bond acceptors (Lipinski definition) is 5. The quantitative estimate of drug-likeness (QED) is 0.807. The third kappa shape index (κ3) is 3.60. The Labute approximate surface area is 167 Å². The van der Waals surface area contributed by atoms with E-state index in [0.717, 1.165) is 33.7 Å². The standard InChI is InChI=1S/C22H31N3O3/c1-14-8-7-11-25(13-12-24(6)23-14)21(27)22(5)10-9-18-17(4)19(26)15(2)16(3)20(18)28-22/h7-8,26H,9-13H2,1-6H3/b8-7+,23-14-. The number of carbonyl (C=O) groups excluding carboxylic acids is 1. The van der Waals surface area contributed by atoms with Gasteiger partial charge in [0.25, 0.3) is 5.91 Å². The van der Waals surface area contributed by atoms with Crippen LogP contribution in [0.2, 0.25) is 0 Å². The first-order valence-corrected chi connectivity index (χ1v) is 9.87. The second-order valence-corrected chi connectivity index (χ2v) is 8.14. The van der Waals surface area contributed by atoms with Gasteiger partial charge in [0.1, 0.15) is 11.5 Å². The van der Waals surface area contributed by atoms with Crippen molar-refractivity contribution in [3.8, 4) is 11.5 Å². The predicted molar refractivity (Wildman–Crippen MR) is 111 cm³/mol. The van der Waals surface area contributed by atoms with Gasteiger partial charge >= 0.3 is 0 Å². The average molecular weight is 386 g/mol. The number of carbonyl (C=O) groups is 1. The Morgan fingerprint density at radius 2 is 1.89 bits per heavy atom. The summed E-state index contributed by atoms with van der Waals surface area (Å²) in [6.45, 7) is 11.4. The van der Waals surface area contributed by atoms with Crippen molar-refractivity contribution in [3.63, 3.8) is 0 Å². The normalized spacial score (nSPS) is 25.6. The molecule has 1 aromatic carbocycles. The molecule has 2 heterocycles. The van der Waals surface area contributed by atoms with E-state index in [2.05, 4.69) is 5.10 Å². The van der Waals surface area contributed by atoms with E-state index in [1.165, 1.54) is 0 Å². The number of ether oxygens (including phenoxy) is 1. The van der Waals surface area contributed by atoms with Crippen molar-refractivity contribution in [3.05, 3.63) is 34.4 Å². The maximum absolute atomic E-state index is 13.5. The fourth-order valence-corrected chi connectivity index (χ4v) is 3.98. The van der Waals surface area contributed by atoms with E-state index in [9.17, 15) is 9.90 Å². The van der Waals surface area contributed by atoms with Crippen molar-refractivity contribution < 1.29 is 14.6 Å². The van der Waals surface area contributed by atoms with Crippen molar-refractivity contribution in [2.24, 2.45) is 5.10 Å². The largest absolute Gasteiger partial charge is 0.507 e. The fraction of sp³-hybridized carbons (Fsp3) is 0.545. The van der Waals surface area contributed by atoms with E-state index in [1.807, 2.05) is 63.7 Å². The van der Waals surface area contributed by atoms with Crippen LogP contribution in [-0.2, 0) is 11.2 Å². The van der Waals surface area contributed by atoms with Gasteiger partial charge in [-0.25, -0.2) is 0 Å². The molecule has 152 valence electrons. The third-order valence-corrected chi connectivity index (χ3v) is 5.97. The molecule has 0 aromatic heterocycles. The summed E-state index contributed by atoms with van der Waals surface area (Å²) in [6, 6.07) is 0. The van der Waals surface area contributed by atoms with E-state index in [0.29, 0.717) is 38.2 Å². The lowest BCUT2D eigenvalue weighted by molar-refractivity contribution is -0.148. The molecule has 0 fully saturated rings. The topological polar surface area (TPSA) is 65.4 Å². The number of allylic oxidation sites excluding steroid dienone is 1. The van der Waals surface area contributed by atoms with E-state index in [1.54, 1.807) is 0 Å². The Bertz CT molecular complexity index is 859. The van der Waals surface area contributed by atoms with Gasteiger partial charge in [0.05, 0.1) is 12.3 Å². The number of rotatable bonds is 1. The lowest BCUT2D eigenvalue weighted by Gasteiger charge is -2.39. The molecule has 1 aromatic rings. The Morgan fingerprint density at radius 1 is 1.18 bits per heavy atom. The monoisotopic (exact) mass is 385 g/mol. The zero-order valence-corrected chi connectivity index (χ0v) is 17.8. The molecular weight excluding hydrogens is 354 g/mol. The molecule has 3 rings (SSSR count). The van der Waals surface area contributed by atoms with Gasteiger partial charge in [-0.2, -0.15) is 5.10 Å². The van der Waals surface area contributed by atoms with Gasteiger partial charge in [0, 0.05) is 32.1 Å². The average Bonchev–Trinajstić information content (AvgIpc) is 2.74. The minimum absolute atomic E-state index is 0.00136. The van der Waals surface area contributed by atoms with Crippen molar-refractivity contribution in [2.45, 2.75) is 53.1 Å². The number of phenols is 1. The SMILES string of the molecule is CC1=N/N(C)CCN(C(=O)C2(C)CCc3c(C)c(O)c(C)c(C)c3O2)C\C=C\1. The third-order valence-electron chi connectivity index (χ3n) is 5.97. The summed E-state index contributed by atoms with van der Waals surface area (Å²) >= 11 is 0. The highest BCUT2D eigenvalue weighted by molar-refractivity contribution is 5.92. The number of benzene rings is 1. The Morgan fingerprint density at radius 3 is 2.61 bits per heavy atom. The van der Waals surface area contributed by atoms with Crippen LogP contribution in [0.1, 0.15) is 42.5 Å². The summed E-state index contributed by atoms with van der Waals surface area (Å²) in [6.07, 6.45) is 5.23. The first-order valence-electron chi connectivity index (χ1n) is 9.87. The molecule has 28 heavy (non-hydrogen) atoms. The van der Waals surface area contributed by atoms with Crippen LogP contribution in [0.15, 0.2) is 17.3 Å². The summed E-state index contributed by atoms with van der Waals surface area (Å²) in [5.74, 6) is 1.09. The van der Waals surface area contributed by atoms with Crippen molar-refractivity contribution in [1.29, 1.82) is 0 Å². The first kappa shape index (κ1) is 20.2. The molecule has 6 nitrogen and oxygen atoms in total. The molecule has 1 N–H and O–H groups in total. The molecule has 0 bridgehead atoms. The van der Waals surface area contributed by atoms with Crippen molar-refractivity contribution in [2.75, 3.05) is 26.7 Å². The van der Waals surface area contributed by atoms with Gasteiger partial charge in [0.2, 0.25) is 0 Å². The Hall–Kier alpha value is -2.50. The number of nitrogens with zero attached hydrogens (tertiary/aromatic N) is 3. The van der Waals surface area contributed by atoms with Crippen molar-refractivity contribution >= 4 is 11.6 Å². The van der Waals surface area contributed by atoms with Gasteiger partial charge in [-0.1, -0.05) is 6.08 Å². The number of phenolic OH excluding ortho intramolecular Hbond substituents is 1. The molecule has 0 spiro atoms. The van der Waals surface area contributed by atoms with Crippen LogP contribution in [0.3, 0.4) is 0 Å². The van der Waals surface area contributed by atoms with E-state index in [4.69, 9.17) is 4.74 Å². The van der Waals surface area contributed by atoms with Crippen LogP contribution >= 0.6 is 0 Å². The summed E-state index contributed by atoms with van der Waals surface area (Å²) in [5.41, 5.74) is 3.60. The molecule has 1 unspecified atom stereocenters. The number of aromatic hydroxyl groups is 1. The van der Waals surface area contributed by atoms with Crippen LogP contribution in [-0.4, -0.2) is 58.9 Å². The van der Waals surface area contributed by atoms with E-state index in [-0.39, 0.29) is 5.91 Å². The molecule has 6 heteroatoms. The molecule has 0 saturated heterocycles. The van der Waals surface area contributed by atoms with Gasteiger partial charge < -0.3 is 14.7 Å². The number of fused-ring (bicyclic) bond motifs is 1. The van der Waals surface area contributed by atoms with Crippen molar-refractivity contribution in [1.82, 2.24) is 9.91 Å². The van der Waals surface area contributed by atoms with Crippen LogP contribution in [0.4, 0.5) is 0 Å². The first-order chi connectivity index (χ1) is 13.1. The predicted octanol–water partition coefficient (Wildman–Crippen LogP) is 3.11. The molecule has 0 saturated carbocycles. The van der Waals surface area contributed by atoms with Gasteiger partial charge in [-0.3, -0.25) is 9.80 Å². The highest BCUT2D eigenvalue weighted by Crippen LogP contribution is 2.43. The minimum atomic E-state index is -0.913. The fourth-order valence-electron chi connectivity index (χ4n) is 3.98. The summed E-state index contributed by atoms with van der Waals surface area (Å²) < 4.78 is 6.36. The van der Waals surface area contributed by atoms with Crippen LogP contribution in [0.5, 0.6) is 11.5 Å². The second kappa shape index (κ2) is 7.49. The van der Waals surface area contributed by atoms with E-state index < -0.39 is 5.60 Å². The highest BCUT2D eigenvalue weighted by atomic mass is 16.5. The zero-order valence-electron chi connectivity index (χ0n) is 17.8. The van der Waals surface area contributed by atoms with E-state index >= 15 is 0 Å². The Balaban J connectivity index is 1.88. The minimum Gasteiger partial charge on any atom is -0.507 e. The molecule has 0 aliphatic carbocycles. The summed E-state index contributed by atoms with van der Waals surface area (Å²) in [4.78, 5) is 15.3. The molecule has 0 radical (unpaired) electrons. The number of amides is 1. The maximum Gasteiger partial charge on any atom is 0.266 e. The zero-order chi connectivity index (χ0) is 20.6. The molecule has 1 atom stereocenters. The van der Waals surface area contributed by atoms with Crippen LogP contribution in [0.25, 0.3) is 0 Å². The number of likely N-dealkylation sites (N-methyl/N-ethyl adjacent to an activating group) is 1. The highest BCUT2D eigenvalue weighted by Gasteiger charge is 2.43. The van der Waals surface area contributed by atoms with Gasteiger partial charge in [-0.15, -0.1) is 0 Å². The van der Waals surface area contributed by atoms with Crippen LogP contribution < -0.4 is 4.74 Å². The lowest BCUT2D eigenvalue weighted by Crippen LogP contribution is -2.53. The van der Waals surface area contributed by atoms with Crippen LogP contribution in [0, 0.1) is 20.8 Å². The Kier molecular flexibility index (Phi) is 5.41. The van der Waals surface area contributed by atoms with Gasteiger partial charge in [0.15, 0.2) is 5.60 Å². The molecule has 2 aliphatic heterocycles. The number of hydrazone groups is 1. The lowest BCUT2D eigenvalue weighted by atomic mass is 9.86. The molecule has 1 amide bonds. The summed E-state index contributed by atoms with van der Waals surface area (Å²) in [5, 5.41) is 16.7. The smallest absolute Gasteiger partial charge is 0.266 e. The second-order valence-electron chi connectivity index (χ2n) is 8.14. The number of hydrogen-bond donors (Lipinski definition) is 1. The van der Waals surface area contributed by atoms with Gasteiger partial charge in [-0.05, 0) is 63.8 Å². The molecule has 2 aliphatic rings. The molecular formula is C22H31N3O3. The maximum atomic E-state index is 13.5. The summed E-state index contributed by atoms with van der Waals surface area (Å²) in [7, 11) is 1.92.